The Morgan fingerprint density at radius 1 is 1.55 bits per heavy atom. The molecule has 0 amide bonds. The molecule has 0 saturated carbocycles. The van der Waals surface area contributed by atoms with E-state index in [1.807, 2.05) is 31.2 Å². The third-order valence-electron chi connectivity index (χ3n) is 1.30. The van der Waals surface area contributed by atoms with E-state index in [1.54, 1.807) is 0 Å². The van der Waals surface area contributed by atoms with Crippen molar-refractivity contribution in [2.24, 2.45) is 5.73 Å². The second kappa shape index (κ2) is 3.05. The second-order valence-corrected chi connectivity index (χ2v) is 2.41. The molecule has 58 valence electrons. The fraction of sp³-hybridized carbons (Fsp3) is 0.125. The van der Waals surface area contributed by atoms with Crippen LogP contribution in [0.4, 0.5) is 5.69 Å². The number of nitrogens with one attached hydrogen (secondary N) is 2. The van der Waals surface area contributed by atoms with Gasteiger partial charge in [-0.15, -0.1) is 0 Å². The van der Waals surface area contributed by atoms with Gasteiger partial charge in [0.25, 0.3) is 0 Å². The molecule has 0 atom stereocenters. The first-order chi connectivity index (χ1) is 5.18. The summed E-state index contributed by atoms with van der Waals surface area (Å²) in [6.07, 6.45) is 0. The molecule has 0 aliphatic rings. The highest BCUT2D eigenvalue weighted by Crippen LogP contribution is 2.08. The molecule has 0 spiro atoms. The van der Waals surface area contributed by atoms with Gasteiger partial charge in [-0.3, -0.25) is 5.41 Å². The van der Waals surface area contributed by atoms with E-state index < -0.39 is 0 Å². The van der Waals surface area contributed by atoms with Crippen LogP contribution in [0.2, 0.25) is 0 Å². The van der Waals surface area contributed by atoms with Gasteiger partial charge in [-0.25, -0.2) is 0 Å². The Hall–Kier alpha value is -1.51. The van der Waals surface area contributed by atoms with E-state index in [0.29, 0.717) is 0 Å². The number of guanidine groups is 1. The third kappa shape index (κ3) is 2.29. The van der Waals surface area contributed by atoms with Gasteiger partial charge in [-0.2, -0.15) is 0 Å². The van der Waals surface area contributed by atoms with Crippen molar-refractivity contribution in [1.82, 2.24) is 0 Å². The van der Waals surface area contributed by atoms with Crippen LogP contribution in [0.1, 0.15) is 5.56 Å². The van der Waals surface area contributed by atoms with Crippen molar-refractivity contribution >= 4 is 11.6 Å². The van der Waals surface area contributed by atoms with Crippen molar-refractivity contribution in [1.29, 1.82) is 5.41 Å². The quantitative estimate of drug-likeness (QED) is 0.416. The van der Waals surface area contributed by atoms with Crippen LogP contribution in [0.25, 0.3) is 0 Å². The normalized spacial score (nSPS) is 9.18. The minimum atomic E-state index is -0.0319. The van der Waals surface area contributed by atoms with E-state index >= 15 is 0 Å². The van der Waals surface area contributed by atoms with Crippen LogP contribution in [0.15, 0.2) is 24.3 Å². The summed E-state index contributed by atoms with van der Waals surface area (Å²) >= 11 is 0. The van der Waals surface area contributed by atoms with E-state index in [0.717, 1.165) is 11.3 Å². The number of hydrogen-bond donors (Lipinski definition) is 3. The molecule has 0 aliphatic carbocycles. The lowest BCUT2D eigenvalue weighted by Gasteiger charge is -2.02. The summed E-state index contributed by atoms with van der Waals surface area (Å²) in [5, 5.41) is 9.68. The maximum Gasteiger partial charge on any atom is 0.190 e. The van der Waals surface area contributed by atoms with Gasteiger partial charge in [0.1, 0.15) is 0 Å². The first kappa shape index (κ1) is 7.60. The molecule has 0 fully saturated rings. The Labute approximate surface area is 65.7 Å². The zero-order chi connectivity index (χ0) is 8.27. The Balaban J connectivity index is 2.79. The molecule has 3 heteroatoms. The SMILES string of the molecule is Cc1cccc(NC(=N)N)c1. The molecule has 0 aromatic heterocycles. The highest BCUT2D eigenvalue weighted by molar-refractivity contribution is 5.89. The van der Waals surface area contributed by atoms with Crippen LogP contribution in [-0.2, 0) is 0 Å². The highest BCUT2D eigenvalue weighted by atomic mass is 15.0. The van der Waals surface area contributed by atoms with Gasteiger partial charge < -0.3 is 11.1 Å². The van der Waals surface area contributed by atoms with Crippen LogP contribution < -0.4 is 11.1 Å². The zero-order valence-corrected chi connectivity index (χ0v) is 6.39. The molecule has 0 aliphatic heterocycles. The van der Waals surface area contributed by atoms with Crippen LogP contribution in [0, 0.1) is 12.3 Å². The Bertz CT molecular complexity index is 268. The van der Waals surface area contributed by atoms with E-state index in [2.05, 4.69) is 5.32 Å². The minimum Gasteiger partial charge on any atom is -0.370 e. The summed E-state index contributed by atoms with van der Waals surface area (Å²) in [5.74, 6) is -0.0319. The monoisotopic (exact) mass is 149 g/mol. The lowest BCUT2D eigenvalue weighted by molar-refractivity contribution is 1.39. The molecule has 0 unspecified atom stereocenters. The molecule has 0 heterocycles. The van der Waals surface area contributed by atoms with Gasteiger partial charge in [0.15, 0.2) is 5.96 Å². The van der Waals surface area contributed by atoms with Gasteiger partial charge in [0, 0.05) is 5.69 Å². The van der Waals surface area contributed by atoms with Crippen LogP contribution in [-0.4, -0.2) is 5.96 Å². The van der Waals surface area contributed by atoms with E-state index in [9.17, 15) is 0 Å². The van der Waals surface area contributed by atoms with Gasteiger partial charge in [0.05, 0.1) is 0 Å². The van der Waals surface area contributed by atoms with Crippen molar-refractivity contribution in [3.8, 4) is 0 Å². The number of benzene rings is 1. The first-order valence-corrected chi connectivity index (χ1v) is 3.36. The summed E-state index contributed by atoms with van der Waals surface area (Å²) in [5.41, 5.74) is 7.15. The molecule has 1 aromatic carbocycles. The summed E-state index contributed by atoms with van der Waals surface area (Å²) in [6.45, 7) is 1.99. The summed E-state index contributed by atoms with van der Waals surface area (Å²) < 4.78 is 0. The third-order valence-corrected chi connectivity index (χ3v) is 1.30. The van der Waals surface area contributed by atoms with Crippen LogP contribution in [0.3, 0.4) is 0 Å². The summed E-state index contributed by atoms with van der Waals surface area (Å²) in [7, 11) is 0. The van der Waals surface area contributed by atoms with Crippen molar-refractivity contribution < 1.29 is 0 Å². The van der Waals surface area contributed by atoms with E-state index in [1.165, 1.54) is 0 Å². The maximum atomic E-state index is 6.97. The fourth-order valence-electron chi connectivity index (χ4n) is 0.878. The second-order valence-electron chi connectivity index (χ2n) is 2.41. The summed E-state index contributed by atoms with van der Waals surface area (Å²) in [4.78, 5) is 0. The standard InChI is InChI=1S/C8H11N3/c1-6-3-2-4-7(5-6)11-8(9)10/h2-5H,1H3,(H4,9,10,11). The Morgan fingerprint density at radius 3 is 2.82 bits per heavy atom. The van der Waals surface area contributed by atoms with Gasteiger partial charge in [-0.05, 0) is 24.6 Å². The minimum absolute atomic E-state index is 0.0319. The number of hydrogen-bond acceptors (Lipinski definition) is 1. The highest BCUT2D eigenvalue weighted by Gasteiger charge is 1.91. The molecular formula is C8H11N3. The van der Waals surface area contributed by atoms with Crippen molar-refractivity contribution in [3.05, 3.63) is 29.8 Å². The lowest BCUT2D eigenvalue weighted by Crippen LogP contribution is -2.20. The average molecular weight is 149 g/mol. The van der Waals surface area contributed by atoms with Crippen molar-refractivity contribution in [2.75, 3.05) is 5.32 Å². The molecule has 0 bridgehead atoms. The fourth-order valence-corrected chi connectivity index (χ4v) is 0.878. The molecule has 1 aromatic rings. The lowest BCUT2D eigenvalue weighted by atomic mass is 10.2. The predicted molar refractivity (Wildman–Crippen MR) is 46.7 cm³/mol. The van der Waals surface area contributed by atoms with E-state index in [4.69, 9.17) is 11.1 Å². The van der Waals surface area contributed by atoms with Crippen molar-refractivity contribution in [2.45, 2.75) is 6.92 Å². The molecule has 0 radical (unpaired) electrons. The maximum absolute atomic E-state index is 6.97. The molecule has 4 N–H and O–H groups in total. The van der Waals surface area contributed by atoms with Gasteiger partial charge in [-0.1, -0.05) is 12.1 Å². The number of rotatable bonds is 1. The van der Waals surface area contributed by atoms with Crippen LogP contribution in [0.5, 0.6) is 0 Å². The number of aryl methyl sites for hydroxylation is 1. The van der Waals surface area contributed by atoms with Gasteiger partial charge in [0.2, 0.25) is 0 Å². The Kier molecular flexibility index (Phi) is 2.11. The largest absolute Gasteiger partial charge is 0.370 e. The number of nitrogens with two attached hydrogens (primary N) is 1. The van der Waals surface area contributed by atoms with Gasteiger partial charge >= 0.3 is 0 Å². The predicted octanol–water partition coefficient (Wildman–Crippen LogP) is 1.30. The molecule has 3 nitrogen and oxygen atoms in total. The topological polar surface area (TPSA) is 61.9 Å². The zero-order valence-electron chi connectivity index (χ0n) is 6.39. The molecular weight excluding hydrogens is 138 g/mol. The Morgan fingerprint density at radius 2 is 2.27 bits per heavy atom. The van der Waals surface area contributed by atoms with Crippen molar-refractivity contribution in [3.63, 3.8) is 0 Å². The summed E-state index contributed by atoms with van der Waals surface area (Å²) in [6, 6.07) is 7.71. The average Bonchev–Trinajstić information content (AvgIpc) is 1.85. The van der Waals surface area contributed by atoms with E-state index in [-0.39, 0.29) is 5.96 Å². The molecule has 11 heavy (non-hydrogen) atoms. The smallest absolute Gasteiger partial charge is 0.190 e. The molecule has 1 rings (SSSR count). The molecule has 0 saturated heterocycles. The number of anilines is 1. The van der Waals surface area contributed by atoms with Crippen LogP contribution >= 0.6 is 0 Å². The first-order valence-electron chi connectivity index (χ1n) is 3.36.